The molecule has 0 spiro atoms. The van der Waals surface area contributed by atoms with Gasteiger partial charge < -0.3 is 9.84 Å². The summed E-state index contributed by atoms with van der Waals surface area (Å²) in [7, 11) is 1.49. The Balaban J connectivity index is 2.19. The lowest BCUT2D eigenvalue weighted by Crippen LogP contribution is -2.47. The number of carbonyl (C=O) groups is 1. The zero-order chi connectivity index (χ0) is 21.2. The van der Waals surface area contributed by atoms with Gasteiger partial charge in [0, 0.05) is 5.02 Å². The summed E-state index contributed by atoms with van der Waals surface area (Å²) < 4.78 is 45.3. The van der Waals surface area contributed by atoms with Gasteiger partial charge in [0.05, 0.1) is 18.7 Å². The second kappa shape index (κ2) is 8.63. The van der Waals surface area contributed by atoms with Crippen LogP contribution in [0.15, 0.2) is 42.5 Å². The van der Waals surface area contributed by atoms with E-state index >= 15 is 0 Å². The molecule has 8 heteroatoms. The molecule has 2 aromatic carbocycles. The molecule has 4 nitrogen and oxygen atoms in total. The van der Waals surface area contributed by atoms with Crippen molar-refractivity contribution in [2.45, 2.75) is 37.5 Å². The van der Waals surface area contributed by atoms with E-state index in [0.717, 1.165) is 25.0 Å². The fourth-order valence-corrected chi connectivity index (χ4v) is 4.04. The predicted molar refractivity (Wildman–Crippen MR) is 103 cm³/mol. The molecular weight excluding hydrogens is 407 g/mol. The fourth-order valence-electron chi connectivity index (χ4n) is 3.82. The Hall–Kier alpha value is -2.25. The summed E-state index contributed by atoms with van der Waals surface area (Å²) in [6, 6.07) is 8.49. The highest BCUT2D eigenvalue weighted by Gasteiger charge is 2.38. The van der Waals surface area contributed by atoms with Gasteiger partial charge in [0.15, 0.2) is 0 Å². The fraction of sp³-hybridized carbons (Fsp3) is 0.381. The first kappa shape index (κ1) is 21.5. The number of carboxylic acid groups (broad SMARTS) is 1. The smallest absolute Gasteiger partial charge is 0.416 e. The molecule has 1 aliphatic rings. The summed E-state index contributed by atoms with van der Waals surface area (Å²) in [4.78, 5) is 13.6. The van der Waals surface area contributed by atoms with E-state index in [-0.39, 0.29) is 10.6 Å². The molecule has 1 N–H and O–H groups in total. The Morgan fingerprint density at radius 1 is 1.24 bits per heavy atom. The molecule has 2 atom stereocenters. The predicted octanol–water partition coefficient (Wildman–Crippen LogP) is 5.40. The van der Waals surface area contributed by atoms with E-state index in [1.807, 2.05) is 0 Å². The molecule has 1 aliphatic heterocycles. The van der Waals surface area contributed by atoms with Gasteiger partial charge in [0.1, 0.15) is 11.8 Å². The van der Waals surface area contributed by atoms with Crippen LogP contribution >= 0.6 is 11.6 Å². The number of carboxylic acids is 1. The summed E-state index contributed by atoms with van der Waals surface area (Å²) >= 11 is 6.34. The van der Waals surface area contributed by atoms with Crippen LogP contribution in [0.4, 0.5) is 13.2 Å². The number of hydrogen-bond donors (Lipinski definition) is 1. The van der Waals surface area contributed by atoms with Crippen LogP contribution in [-0.4, -0.2) is 35.7 Å². The lowest BCUT2D eigenvalue weighted by atomic mass is 9.90. The largest absolute Gasteiger partial charge is 0.497 e. The molecule has 1 fully saturated rings. The maximum atomic E-state index is 13.4. The van der Waals surface area contributed by atoms with Crippen molar-refractivity contribution in [1.29, 1.82) is 0 Å². The number of piperidine rings is 1. The SMILES string of the molecule is COc1cccc(C(c2cc(C(F)(F)F)ccc2Cl)N2CCCCC2C(=O)O)c1. The number of likely N-dealkylation sites (tertiary alicyclic amines) is 1. The first-order valence-electron chi connectivity index (χ1n) is 9.21. The normalized spacial score (nSPS) is 19.0. The molecule has 29 heavy (non-hydrogen) atoms. The average molecular weight is 428 g/mol. The van der Waals surface area contributed by atoms with Crippen LogP contribution in [0.1, 0.15) is 42.0 Å². The number of nitrogens with zero attached hydrogens (tertiary/aromatic N) is 1. The second-order valence-corrected chi connectivity index (χ2v) is 7.41. The summed E-state index contributed by atoms with van der Waals surface area (Å²) in [5.41, 5.74) is 0.0234. The zero-order valence-electron chi connectivity index (χ0n) is 15.7. The lowest BCUT2D eigenvalue weighted by Gasteiger charge is -2.40. The van der Waals surface area contributed by atoms with Gasteiger partial charge in [0.25, 0.3) is 0 Å². The Morgan fingerprint density at radius 3 is 2.66 bits per heavy atom. The molecule has 2 aromatic rings. The van der Waals surface area contributed by atoms with Crippen molar-refractivity contribution >= 4 is 17.6 Å². The van der Waals surface area contributed by atoms with E-state index in [4.69, 9.17) is 16.3 Å². The van der Waals surface area contributed by atoms with Crippen LogP contribution in [0.5, 0.6) is 5.75 Å². The van der Waals surface area contributed by atoms with E-state index in [9.17, 15) is 23.1 Å². The van der Waals surface area contributed by atoms with Crippen molar-refractivity contribution in [2.75, 3.05) is 13.7 Å². The number of aliphatic carboxylic acids is 1. The highest BCUT2D eigenvalue weighted by molar-refractivity contribution is 6.31. The zero-order valence-corrected chi connectivity index (χ0v) is 16.5. The Morgan fingerprint density at radius 2 is 2.00 bits per heavy atom. The van der Waals surface area contributed by atoms with Crippen LogP contribution < -0.4 is 4.74 Å². The summed E-state index contributed by atoms with van der Waals surface area (Å²) in [5, 5.41) is 9.88. The number of alkyl halides is 3. The number of methoxy groups -OCH3 is 1. The number of hydrogen-bond acceptors (Lipinski definition) is 3. The molecule has 0 aromatic heterocycles. The second-order valence-electron chi connectivity index (χ2n) is 7.00. The molecule has 1 saturated heterocycles. The van der Waals surface area contributed by atoms with Crippen molar-refractivity contribution in [1.82, 2.24) is 4.90 Å². The molecule has 1 heterocycles. The molecular formula is C21H21ClF3NO3. The van der Waals surface area contributed by atoms with Crippen molar-refractivity contribution in [2.24, 2.45) is 0 Å². The molecule has 0 bridgehead atoms. The maximum absolute atomic E-state index is 13.4. The highest BCUT2D eigenvalue weighted by atomic mass is 35.5. The van der Waals surface area contributed by atoms with E-state index in [0.29, 0.717) is 24.3 Å². The van der Waals surface area contributed by atoms with Gasteiger partial charge in [-0.1, -0.05) is 30.2 Å². The van der Waals surface area contributed by atoms with E-state index < -0.39 is 29.8 Å². The Kier molecular flexibility index (Phi) is 6.39. The van der Waals surface area contributed by atoms with E-state index in [1.54, 1.807) is 29.2 Å². The van der Waals surface area contributed by atoms with E-state index in [2.05, 4.69) is 0 Å². The third-order valence-corrected chi connectivity index (χ3v) is 5.53. The minimum absolute atomic E-state index is 0.153. The van der Waals surface area contributed by atoms with Crippen LogP contribution in [0.3, 0.4) is 0 Å². The number of halogens is 4. The highest BCUT2D eigenvalue weighted by Crippen LogP contribution is 2.41. The summed E-state index contributed by atoms with van der Waals surface area (Å²) in [6.45, 7) is 0.436. The van der Waals surface area contributed by atoms with Crippen molar-refractivity contribution < 1.29 is 27.8 Å². The monoisotopic (exact) mass is 427 g/mol. The van der Waals surface area contributed by atoms with Gasteiger partial charge in [-0.2, -0.15) is 13.2 Å². The van der Waals surface area contributed by atoms with Crippen molar-refractivity contribution in [3.8, 4) is 5.75 Å². The minimum atomic E-state index is -4.54. The van der Waals surface area contributed by atoms with E-state index in [1.165, 1.54) is 13.2 Å². The third-order valence-electron chi connectivity index (χ3n) is 5.19. The maximum Gasteiger partial charge on any atom is 0.416 e. The molecule has 3 rings (SSSR count). The molecule has 0 aliphatic carbocycles. The van der Waals surface area contributed by atoms with Crippen LogP contribution in [0, 0.1) is 0 Å². The van der Waals surface area contributed by atoms with Crippen LogP contribution in [0.2, 0.25) is 5.02 Å². The molecule has 0 saturated carbocycles. The van der Waals surface area contributed by atoms with Gasteiger partial charge in [0.2, 0.25) is 0 Å². The van der Waals surface area contributed by atoms with Crippen LogP contribution in [-0.2, 0) is 11.0 Å². The first-order chi connectivity index (χ1) is 13.7. The number of benzene rings is 2. The minimum Gasteiger partial charge on any atom is -0.497 e. The van der Waals surface area contributed by atoms with Crippen LogP contribution in [0.25, 0.3) is 0 Å². The number of rotatable bonds is 5. The Labute approximate surface area is 171 Å². The van der Waals surface area contributed by atoms with Gasteiger partial charge in [-0.3, -0.25) is 9.69 Å². The average Bonchev–Trinajstić information content (AvgIpc) is 2.69. The molecule has 2 unspecified atom stereocenters. The summed E-state index contributed by atoms with van der Waals surface area (Å²) in [6.07, 6.45) is -2.62. The lowest BCUT2D eigenvalue weighted by molar-refractivity contribution is -0.145. The number of ether oxygens (including phenoxy) is 1. The molecule has 156 valence electrons. The van der Waals surface area contributed by atoms with Crippen molar-refractivity contribution in [3.63, 3.8) is 0 Å². The summed E-state index contributed by atoms with van der Waals surface area (Å²) in [5.74, 6) is -0.472. The molecule has 0 amide bonds. The topological polar surface area (TPSA) is 49.8 Å². The standard InChI is InChI=1S/C21H21ClF3NO3/c1-29-15-6-4-5-13(11-15)19(26-10-3-2-7-18(26)20(27)28)16-12-14(21(23,24)25)8-9-17(16)22/h4-6,8-9,11-12,18-19H,2-3,7,10H2,1H3,(H,27,28). The van der Waals surface area contributed by atoms with Gasteiger partial charge in [-0.15, -0.1) is 0 Å². The quantitative estimate of drug-likeness (QED) is 0.694. The third kappa shape index (κ3) is 4.67. The van der Waals surface area contributed by atoms with Crippen molar-refractivity contribution in [3.05, 3.63) is 64.2 Å². The van der Waals surface area contributed by atoms with Gasteiger partial charge >= 0.3 is 12.1 Å². The first-order valence-corrected chi connectivity index (χ1v) is 9.59. The van der Waals surface area contributed by atoms with Gasteiger partial charge in [-0.25, -0.2) is 0 Å². The molecule has 0 radical (unpaired) electrons. The van der Waals surface area contributed by atoms with Gasteiger partial charge in [-0.05, 0) is 60.8 Å². The Bertz CT molecular complexity index is 888.